The van der Waals surface area contributed by atoms with Gasteiger partial charge >= 0.3 is 66.5 Å². The van der Waals surface area contributed by atoms with E-state index in [2.05, 4.69) is 24.3 Å². The molecule has 0 spiro atoms. The van der Waals surface area contributed by atoms with E-state index < -0.39 is 0 Å². The van der Waals surface area contributed by atoms with Crippen LogP contribution in [-0.2, 0) is 0 Å². The van der Waals surface area contributed by atoms with E-state index in [1.807, 2.05) is 6.07 Å². The fourth-order valence-corrected chi connectivity index (χ4v) is 2.66. The first-order valence-corrected chi connectivity index (χ1v) is 5.85. The van der Waals surface area contributed by atoms with Crippen molar-refractivity contribution in [1.82, 2.24) is 0 Å². The Morgan fingerprint density at radius 3 is 2.44 bits per heavy atom. The number of halogens is 1. The van der Waals surface area contributed by atoms with Crippen LogP contribution >= 0.6 is 11.6 Å². The summed E-state index contributed by atoms with van der Waals surface area (Å²) in [6.45, 7) is 0. The van der Waals surface area contributed by atoms with E-state index in [9.17, 15) is 0 Å². The van der Waals surface area contributed by atoms with Crippen molar-refractivity contribution < 1.29 is 0 Å². The Labute approximate surface area is 66.7 Å². The monoisotopic (exact) mass is 200 g/mol. The molecule has 0 saturated carbocycles. The second-order valence-electron chi connectivity index (χ2n) is 1.68. The molecule has 0 N–H and O–H groups in total. The second kappa shape index (κ2) is 3.96. The molecule has 2 heteroatoms. The molecule has 0 aliphatic rings. The van der Waals surface area contributed by atoms with E-state index in [0.29, 0.717) is 0 Å². The zero-order valence-corrected chi connectivity index (χ0v) is 7.83. The molecule has 1 aromatic rings. The normalized spacial score (nSPS) is 9.44. The van der Waals surface area contributed by atoms with Crippen molar-refractivity contribution in [1.29, 1.82) is 0 Å². The first-order chi connectivity index (χ1) is 4.43. The Morgan fingerprint density at radius 2 is 1.89 bits per heavy atom. The van der Waals surface area contributed by atoms with Crippen LogP contribution in [0.5, 0.6) is 0 Å². The summed E-state index contributed by atoms with van der Waals surface area (Å²) < 4.78 is 2.27. The van der Waals surface area contributed by atoms with E-state index in [-0.39, 0.29) is 15.4 Å². The third-order valence-electron chi connectivity index (χ3n) is 1.04. The zero-order valence-electron chi connectivity index (χ0n) is 4.97. The third-order valence-corrected chi connectivity index (χ3v) is 3.58. The van der Waals surface area contributed by atoms with E-state index in [1.165, 1.54) is 4.40 Å². The molecule has 0 nitrogen and oxygen atoms in total. The van der Waals surface area contributed by atoms with Gasteiger partial charge in [0.15, 0.2) is 0 Å². The number of hydrogen-bond acceptors (Lipinski definition) is 0. The molecule has 1 aromatic carbocycles. The molecule has 0 amide bonds. The van der Waals surface area contributed by atoms with Gasteiger partial charge in [-0.15, -0.1) is 0 Å². The summed E-state index contributed by atoms with van der Waals surface area (Å²) in [6.07, 6.45) is 0. The Hall–Kier alpha value is 0.0529. The predicted molar refractivity (Wildman–Crippen MR) is 42.6 cm³/mol. The van der Waals surface area contributed by atoms with Crippen LogP contribution in [0.15, 0.2) is 30.3 Å². The average molecular weight is 199 g/mol. The van der Waals surface area contributed by atoms with Crippen molar-refractivity contribution in [2.24, 2.45) is 0 Å². The maximum atomic E-state index is 5.59. The van der Waals surface area contributed by atoms with Gasteiger partial charge in [-0.3, -0.25) is 0 Å². The van der Waals surface area contributed by atoms with Gasteiger partial charge in [-0.05, 0) is 0 Å². The summed E-state index contributed by atoms with van der Waals surface area (Å²) in [5.74, 6) is 0. The topological polar surface area (TPSA) is 0 Å². The SMILES string of the molecule is Cl[CH2][Ge][c]1ccccc1. The van der Waals surface area contributed by atoms with E-state index >= 15 is 0 Å². The van der Waals surface area contributed by atoms with Gasteiger partial charge in [0.25, 0.3) is 0 Å². The van der Waals surface area contributed by atoms with Crippen LogP contribution in [0, 0.1) is 0 Å². The van der Waals surface area contributed by atoms with Gasteiger partial charge in [-0.25, -0.2) is 0 Å². The van der Waals surface area contributed by atoms with Gasteiger partial charge in [-0.2, -0.15) is 0 Å². The van der Waals surface area contributed by atoms with Crippen LogP contribution < -0.4 is 4.40 Å². The van der Waals surface area contributed by atoms with Gasteiger partial charge in [0.2, 0.25) is 0 Å². The van der Waals surface area contributed by atoms with E-state index in [0.717, 1.165) is 4.71 Å². The summed E-state index contributed by atoms with van der Waals surface area (Å²) in [6, 6.07) is 10.4. The molecule has 0 unspecified atom stereocenters. The predicted octanol–water partition coefficient (Wildman–Crippen LogP) is 1.21. The van der Waals surface area contributed by atoms with Gasteiger partial charge in [0.1, 0.15) is 0 Å². The van der Waals surface area contributed by atoms with Crippen molar-refractivity contribution in [2.75, 3.05) is 4.71 Å². The average Bonchev–Trinajstić information content (AvgIpc) is 1.91. The molecule has 0 aliphatic heterocycles. The van der Waals surface area contributed by atoms with Crippen molar-refractivity contribution in [3.05, 3.63) is 30.3 Å². The van der Waals surface area contributed by atoms with Crippen molar-refractivity contribution in [2.45, 2.75) is 0 Å². The molecular formula is C7H7ClGe. The quantitative estimate of drug-likeness (QED) is 0.496. The molecule has 0 aromatic heterocycles. The first-order valence-electron chi connectivity index (χ1n) is 2.78. The van der Waals surface area contributed by atoms with Gasteiger partial charge in [0.05, 0.1) is 0 Å². The van der Waals surface area contributed by atoms with Crippen LogP contribution in [0.3, 0.4) is 0 Å². The Bertz CT molecular complexity index is 162. The minimum atomic E-state index is -0.0246. The molecule has 0 fully saturated rings. The summed E-state index contributed by atoms with van der Waals surface area (Å²) in [5.41, 5.74) is 0. The molecule has 9 heavy (non-hydrogen) atoms. The fraction of sp³-hybridized carbons (Fsp3) is 0.143. The molecule has 0 bridgehead atoms. The zero-order chi connectivity index (χ0) is 6.53. The summed E-state index contributed by atoms with van der Waals surface area (Å²) in [5, 5.41) is 0. The Kier molecular flexibility index (Phi) is 3.15. The standard InChI is InChI=1S/C7H7ClGe/c8-6-9-7-4-2-1-3-5-7/h1-5H,6H2. The second-order valence-corrected chi connectivity index (χ2v) is 5.58. The number of hydrogen-bond donors (Lipinski definition) is 0. The maximum absolute atomic E-state index is 5.59. The number of benzene rings is 1. The van der Waals surface area contributed by atoms with Crippen molar-refractivity contribution in [3.63, 3.8) is 0 Å². The van der Waals surface area contributed by atoms with Crippen LogP contribution in [0.4, 0.5) is 0 Å². The number of alkyl halides is 1. The molecule has 0 saturated heterocycles. The van der Waals surface area contributed by atoms with Crippen LogP contribution in [-0.4, -0.2) is 20.1 Å². The van der Waals surface area contributed by atoms with Gasteiger partial charge in [0, 0.05) is 0 Å². The Balaban J connectivity index is 2.61. The fourth-order valence-electron chi connectivity index (χ4n) is 0.633. The molecule has 46 valence electrons. The Morgan fingerprint density at radius 1 is 1.22 bits per heavy atom. The summed E-state index contributed by atoms with van der Waals surface area (Å²) in [4.78, 5) is 0. The molecule has 1 rings (SSSR count). The van der Waals surface area contributed by atoms with Gasteiger partial charge < -0.3 is 0 Å². The molecule has 2 radical (unpaired) electrons. The molecular weight excluding hydrogens is 192 g/mol. The van der Waals surface area contributed by atoms with Crippen LogP contribution in [0.25, 0.3) is 0 Å². The van der Waals surface area contributed by atoms with Crippen molar-refractivity contribution in [3.8, 4) is 0 Å². The van der Waals surface area contributed by atoms with E-state index in [4.69, 9.17) is 11.6 Å². The minimum absolute atomic E-state index is 0.0246. The van der Waals surface area contributed by atoms with Gasteiger partial charge in [-0.1, -0.05) is 0 Å². The summed E-state index contributed by atoms with van der Waals surface area (Å²) >= 11 is 5.57. The van der Waals surface area contributed by atoms with Crippen LogP contribution in [0.2, 0.25) is 0 Å². The van der Waals surface area contributed by atoms with E-state index in [1.54, 1.807) is 0 Å². The first kappa shape index (κ1) is 7.16. The third kappa shape index (κ3) is 2.42. The van der Waals surface area contributed by atoms with Crippen LogP contribution in [0.1, 0.15) is 0 Å². The molecule has 0 aliphatic carbocycles. The molecule has 0 atom stereocenters. The molecule has 0 heterocycles. The number of rotatable bonds is 2. The van der Waals surface area contributed by atoms with Crippen molar-refractivity contribution >= 4 is 31.4 Å². The summed E-state index contributed by atoms with van der Waals surface area (Å²) in [7, 11) is 0.